The zero-order chi connectivity index (χ0) is 29.1. The van der Waals surface area contributed by atoms with Crippen LogP contribution >= 0.6 is 0 Å². The van der Waals surface area contributed by atoms with E-state index in [1.54, 1.807) is 0 Å². The van der Waals surface area contributed by atoms with Crippen LogP contribution < -0.4 is 0 Å². The van der Waals surface area contributed by atoms with E-state index in [9.17, 15) is 0 Å². The Morgan fingerprint density at radius 2 is 0.535 bits per heavy atom. The molecule has 0 saturated heterocycles. The van der Waals surface area contributed by atoms with Crippen molar-refractivity contribution >= 4 is 15.0 Å². The first-order valence-electron chi connectivity index (χ1n) is 15.3. The van der Waals surface area contributed by atoms with E-state index in [-0.39, 0.29) is 15.0 Å². The van der Waals surface area contributed by atoms with Gasteiger partial charge in [-0.2, -0.15) is 0 Å². The molecule has 212 valence electrons. The van der Waals surface area contributed by atoms with Crippen molar-refractivity contribution in [2.45, 2.75) is 34.3 Å². The third kappa shape index (κ3) is 7.62. The van der Waals surface area contributed by atoms with Crippen LogP contribution in [0.25, 0.3) is 0 Å². The van der Waals surface area contributed by atoms with Crippen LogP contribution in [0.1, 0.15) is 45.2 Å². The molecule has 0 radical (unpaired) electrons. The summed E-state index contributed by atoms with van der Waals surface area (Å²) in [5, 5.41) is 0. The van der Waals surface area contributed by atoms with Crippen molar-refractivity contribution in [3.05, 3.63) is 215 Å². The van der Waals surface area contributed by atoms with E-state index in [0.29, 0.717) is 21.5 Å². The fourth-order valence-electron chi connectivity index (χ4n) is 6.29. The van der Waals surface area contributed by atoms with E-state index >= 15 is 0 Å². The molecule has 0 nitrogen and oxygen atoms in total. The standard InChI is InChI=1S/C42H38Se/c1-7-19-33(20-8-1)31-39(41(35-23-11-3-12-24-35)36-25-13-4-14-26-36)43-40(32-34-21-9-2-10-22-34)42(37-27-15-5-16-28-37)38-29-17-6-18-30-38/h1-30,39-42H,31-32H2. The van der Waals surface area contributed by atoms with E-state index in [1.807, 2.05) is 0 Å². The monoisotopic (exact) mass is 622 g/mol. The van der Waals surface area contributed by atoms with Gasteiger partial charge in [-0.15, -0.1) is 0 Å². The van der Waals surface area contributed by atoms with E-state index in [1.165, 1.54) is 33.4 Å². The molecule has 0 aliphatic heterocycles. The Kier molecular flexibility index (Phi) is 9.98. The first-order chi connectivity index (χ1) is 21.3. The molecule has 0 aliphatic carbocycles. The van der Waals surface area contributed by atoms with Crippen molar-refractivity contribution in [1.29, 1.82) is 0 Å². The molecule has 0 N–H and O–H groups in total. The molecule has 0 aromatic heterocycles. The molecule has 6 rings (SSSR count). The van der Waals surface area contributed by atoms with Crippen LogP contribution in [-0.4, -0.2) is 15.0 Å². The summed E-state index contributed by atoms with van der Waals surface area (Å²) in [6.07, 6.45) is 2.10. The Hall–Kier alpha value is -4.16. The normalized spacial score (nSPS) is 12.7. The van der Waals surface area contributed by atoms with Gasteiger partial charge in [0.05, 0.1) is 0 Å². The van der Waals surface area contributed by atoms with E-state index in [0.717, 1.165) is 12.8 Å². The Labute approximate surface area is 263 Å². The van der Waals surface area contributed by atoms with Crippen molar-refractivity contribution in [2.75, 3.05) is 0 Å². The number of benzene rings is 6. The minimum absolute atomic E-state index is 0.276. The topological polar surface area (TPSA) is 0 Å². The fourth-order valence-corrected chi connectivity index (χ4v) is 10.4. The molecule has 2 atom stereocenters. The van der Waals surface area contributed by atoms with E-state index in [2.05, 4.69) is 182 Å². The molecule has 1 heteroatoms. The first-order valence-corrected chi connectivity index (χ1v) is 17.3. The second-order valence-corrected chi connectivity index (χ2v) is 14.3. The Morgan fingerprint density at radius 3 is 0.791 bits per heavy atom. The van der Waals surface area contributed by atoms with Gasteiger partial charge in [0.15, 0.2) is 0 Å². The fraction of sp³-hybridized carbons (Fsp3) is 0.143. The van der Waals surface area contributed by atoms with Gasteiger partial charge in [0.2, 0.25) is 0 Å². The van der Waals surface area contributed by atoms with Crippen molar-refractivity contribution in [1.82, 2.24) is 0 Å². The van der Waals surface area contributed by atoms with Gasteiger partial charge in [-0.25, -0.2) is 0 Å². The SMILES string of the molecule is c1ccc(CC([Se]C(Cc2ccccc2)C(c2ccccc2)c2ccccc2)C(c2ccccc2)c2ccccc2)cc1. The predicted octanol–water partition coefficient (Wildman–Crippen LogP) is 10.4. The van der Waals surface area contributed by atoms with Crippen molar-refractivity contribution < 1.29 is 0 Å². The molecule has 0 spiro atoms. The van der Waals surface area contributed by atoms with Gasteiger partial charge >= 0.3 is 265 Å². The van der Waals surface area contributed by atoms with Crippen LogP contribution in [0.2, 0.25) is 9.63 Å². The summed E-state index contributed by atoms with van der Waals surface area (Å²) in [6, 6.07) is 67.2. The number of rotatable bonds is 12. The zero-order valence-corrected chi connectivity index (χ0v) is 26.2. The maximum absolute atomic E-state index is 2.34. The van der Waals surface area contributed by atoms with Crippen LogP contribution in [0.4, 0.5) is 0 Å². The summed E-state index contributed by atoms with van der Waals surface area (Å²) >= 11 is 0.276. The third-order valence-corrected chi connectivity index (χ3v) is 11.6. The average Bonchev–Trinajstić information content (AvgIpc) is 3.08. The second-order valence-electron chi connectivity index (χ2n) is 11.2. The van der Waals surface area contributed by atoms with E-state index in [4.69, 9.17) is 0 Å². The Morgan fingerprint density at radius 1 is 0.302 bits per heavy atom. The first kappa shape index (κ1) is 28.9. The molecule has 0 aliphatic rings. The average molecular weight is 622 g/mol. The zero-order valence-electron chi connectivity index (χ0n) is 24.5. The maximum atomic E-state index is 2.34. The molecule has 0 saturated carbocycles. The molecule has 6 aromatic rings. The summed E-state index contributed by atoms with van der Waals surface area (Å²) in [5.74, 6) is 0.626. The summed E-state index contributed by atoms with van der Waals surface area (Å²) in [6.45, 7) is 0. The van der Waals surface area contributed by atoms with Gasteiger partial charge in [-0.3, -0.25) is 0 Å². The molecule has 43 heavy (non-hydrogen) atoms. The second kappa shape index (κ2) is 14.8. The van der Waals surface area contributed by atoms with Gasteiger partial charge in [-0.1, -0.05) is 0 Å². The summed E-state index contributed by atoms with van der Waals surface area (Å²) < 4.78 is 0. The van der Waals surface area contributed by atoms with Gasteiger partial charge in [-0.05, 0) is 0 Å². The number of hydrogen-bond acceptors (Lipinski definition) is 0. The molecular weight excluding hydrogens is 583 g/mol. The molecule has 0 bridgehead atoms. The predicted molar refractivity (Wildman–Crippen MR) is 183 cm³/mol. The van der Waals surface area contributed by atoms with Gasteiger partial charge in [0.25, 0.3) is 0 Å². The molecule has 2 unspecified atom stereocenters. The summed E-state index contributed by atoms with van der Waals surface area (Å²) in [7, 11) is 0. The molecule has 0 amide bonds. The molecule has 6 aromatic carbocycles. The van der Waals surface area contributed by atoms with Crippen molar-refractivity contribution in [2.24, 2.45) is 0 Å². The Balaban J connectivity index is 1.49. The Bertz CT molecular complexity index is 1410. The summed E-state index contributed by atoms with van der Waals surface area (Å²) in [4.78, 5) is 0.923. The third-order valence-electron chi connectivity index (χ3n) is 8.29. The molecular formula is C42H38Se. The number of hydrogen-bond donors (Lipinski definition) is 0. The minimum atomic E-state index is 0.276. The summed E-state index contributed by atoms with van der Waals surface area (Å²) in [5.41, 5.74) is 8.47. The van der Waals surface area contributed by atoms with Crippen molar-refractivity contribution in [3.63, 3.8) is 0 Å². The van der Waals surface area contributed by atoms with Crippen LogP contribution in [-0.2, 0) is 12.8 Å². The van der Waals surface area contributed by atoms with Crippen LogP contribution in [0.5, 0.6) is 0 Å². The van der Waals surface area contributed by atoms with Crippen LogP contribution in [0.15, 0.2) is 182 Å². The van der Waals surface area contributed by atoms with E-state index < -0.39 is 0 Å². The van der Waals surface area contributed by atoms with Gasteiger partial charge < -0.3 is 0 Å². The quantitative estimate of drug-likeness (QED) is 0.119. The van der Waals surface area contributed by atoms with Gasteiger partial charge in [0.1, 0.15) is 0 Å². The molecule has 0 heterocycles. The molecule has 0 fully saturated rings. The van der Waals surface area contributed by atoms with Gasteiger partial charge in [0, 0.05) is 0 Å². The van der Waals surface area contributed by atoms with Crippen molar-refractivity contribution in [3.8, 4) is 0 Å². The van der Waals surface area contributed by atoms with Crippen LogP contribution in [0.3, 0.4) is 0 Å². The van der Waals surface area contributed by atoms with Crippen LogP contribution in [0, 0.1) is 0 Å².